The molecule has 4 saturated carbocycles. The highest BCUT2D eigenvalue weighted by Crippen LogP contribution is 2.67. The number of hydrogen-bond donors (Lipinski definition) is 0. The van der Waals surface area contributed by atoms with Crippen LogP contribution in [0.15, 0.2) is 0 Å². The zero-order valence-electron chi connectivity index (χ0n) is 22.1. The molecule has 4 fully saturated rings. The summed E-state index contributed by atoms with van der Waals surface area (Å²) in [5.41, 5.74) is -1.45. The van der Waals surface area contributed by atoms with Gasteiger partial charge in [-0.3, -0.25) is 9.59 Å². The number of fused-ring (bicyclic) bond motifs is 5. The minimum Gasteiger partial charge on any atom is -0.300 e. The molecule has 2 nitrogen and oxygen atoms in total. The summed E-state index contributed by atoms with van der Waals surface area (Å²) in [7, 11) is 0. The Morgan fingerprint density at radius 3 is 2.70 bits per heavy atom. The molecule has 128 valence electrons. The quantitative estimate of drug-likeness (QED) is 0.694. The molecule has 4 rings (SSSR count). The number of carbonyl (C=O) groups excluding carboxylic acids is 2. The Kier molecular flexibility index (Phi) is 2.06. The topological polar surface area (TPSA) is 34.1 Å². The van der Waals surface area contributed by atoms with Crippen LogP contribution in [-0.4, -0.2) is 11.6 Å². The first-order valence-corrected chi connectivity index (χ1v) is 9.03. The summed E-state index contributed by atoms with van der Waals surface area (Å²) in [5.74, 6) is -4.08. The lowest BCUT2D eigenvalue weighted by atomic mass is 9.44. The normalized spacial score (nSPS) is 65.7. The van der Waals surface area contributed by atoms with E-state index in [1.807, 2.05) is 13.8 Å². The van der Waals surface area contributed by atoms with Crippen LogP contribution in [-0.2, 0) is 9.59 Å². The molecule has 23 heavy (non-hydrogen) atoms. The molecule has 0 aliphatic heterocycles. The van der Waals surface area contributed by atoms with Crippen LogP contribution in [0.5, 0.6) is 0 Å². The van der Waals surface area contributed by atoms with Crippen molar-refractivity contribution in [2.24, 2.45) is 40.4 Å². The molecule has 2 heteroatoms. The fourth-order valence-corrected chi connectivity index (χ4v) is 6.61. The van der Waals surface area contributed by atoms with Crippen LogP contribution >= 0.6 is 0 Å². The van der Waals surface area contributed by atoms with Crippen LogP contribution in [0.3, 0.4) is 0 Å². The highest BCUT2D eigenvalue weighted by Gasteiger charge is 2.60. The van der Waals surface area contributed by atoms with Crippen LogP contribution in [0.4, 0.5) is 0 Å². The second kappa shape index (κ2) is 5.17. The fraction of sp³-hybridized carbons (Fsp3) is 0.905. The van der Waals surface area contributed by atoms with Crippen LogP contribution in [0.1, 0.15) is 89.4 Å². The van der Waals surface area contributed by atoms with E-state index in [4.69, 9.17) is 11.0 Å². The third-order valence-electron chi connectivity index (χ3n) is 7.86. The molecule has 0 heterocycles. The van der Waals surface area contributed by atoms with Gasteiger partial charge in [-0.1, -0.05) is 13.8 Å². The van der Waals surface area contributed by atoms with E-state index < -0.39 is 53.8 Å². The van der Waals surface area contributed by atoms with Gasteiger partial charge in [0.15, 0.2) is 0 Å². The van der Waals surface area contributed by atoms with Gasteiger partial charge in [-0.05, 0) is 86.3 Å². The molecule has 0 radical (unpaired) electrons. The lowest BCUT2D eigenvalue weighted by molar-refractivity contribution is -0.143. The van der Waals surface area contributed by atoms with E-state index in [1.165, 1.54) is 0 Å². The summed E-state index contributed by atoms with van der Waals surface area (Å²) in [5, 5.41) is 0. The molecule has 0 unspecified atom stereocenters. The molecule has 0 aromatic heterocycles. The van der Waals surface area contributed by atoms with E-state index in [2.05, 4.69) is 0 Å². The minimum absolute atomic E-state index is 0.00612. The van der Waals surface area contributed by atoms with Crippen LogP contribution in [0.25, 0.3) is 0 Å². The molecule has 0 aromatic rings. The first-order valence-electron chi connectivity index (χ1n) is 13.0. The number of carbonyl (C=O) groups is 2. The highest BCUT2D eigenvalue weighted by molar-refractivity contribution is 5.80. The van der Waals surface area contributed by atoms with Crippen molar-refractivity contribution in [3.05, 3.63) is 0 Å². The zero-order valence-corrected chi connectivity index (χ0v) is 14.1. The Labute approximate surface area is 152 Å². The lowest BCUT2D eigenvalue weighted by Gasteiger charge is -2.60. The van der Waals surface area contributed by atoms with E-state index in [-0.39, 0.29) is 30.6 Å². The van der Waals surface area contributed by atoms with Crippen LogP contribution in [0, 0.1) is 40.4 Å². The van der Waals surface area contributed by atoms with E-state index in [0.29, 0.717) is 32.1 Å². The van der Waals surface area contributed by atoms with Crippen molar-refractivity contribution >= 4 is 11.6 Å². The van der Waals surface area contributed by atoms with Gasteiger partial charge in [0.1, 0.15) is 11.6 Å². The number of rotatable bonds is 1. The SMILES string of the molecule is [2H]C([2H])([2H])C(=O)[C@@]1([2H])CC[C@H]2[C@@H]3CC[C@H]4C([2H])([2H])C(=O)C([2H])([2H])C[C@]4(C)[C@H]3CC[C@@]21C. The van der Waals surface area contributed by atoms with Gasteiger partial charge >= 0.3 is 0 Å². The van der Waals surface area contributed by atoms with Gasteiger partial charge < -0.3 is 0 Å². The van der Waals surface area contributed by atoms with E-state index >= 15 is 0 Å². The first-order chi connectivity index (χ1) is 13.9. The Morgan fingerprint density at radius 1 is 1.13 bits per heavy atom. The molecule has 7 atom stereocenters. The van der Waals surface area contributed by atoms with Gasteiger partial charge in [0.2, 0.25) is 0 Å². The van der Waals surface area contributed by atoms with Crippen LogP contribution in [0.2, 0.25) is 0 Å². The van der Waals surface area contributed by atoms with Gasteiger partial charge in [0.25, 0.3) is 0 Å². The summed E-state index contributed by atoms with van der Waals surface area (Å²) in [4.78, 5) is 25.4. The molecule has 0 spiro atoms. The predicted octanol–water partition coefficient (Wildman–Crippen LogP) is 4.80. The highest BCUT2D eigenvalue weighted by atomic mass is 16.1. The summed E-state index contributed by atoms with van der Waals surface area (Å²) in [6.45, 7) is 1.00. The molecule has 0 saturated heterocycles. The van der Waals surface area contributed by atoms with Gasteiger partial charge in [-0.15, -0.1) is 0 Å². The van der Waals surface area contributed by atoms with Gasteiger partial charge in [0.05, 0.1) is 0 Å². The van der Waals surface area contributed by atoms with Crippen LogP contribution < -0.4 is 0 Å². The second-order valence-electron chi connectivity index (χ2n) is 8.64. The maximum Gasteiger partial charge on any atom is 0.133 e. The summed E-state index contributed by atoms with van der Waals surface area (Å²) in [6, 6.07) is 0. The molecule has 0 aromatic carbocycles. The number of hydrogen-bond acceptors (Lipinski definition) is 2. The Morgan fingerprint density at radius 2 is 1.91 bits per heavy atom. The average Bonchev–Trinajstić information content (AvgIpc) is 2.90. The van der Waals surface area contributed by atoms with Crippen molar-refractivity contribution in [1.82, 2.24) is 0 Å². The summed E-state index contributed by atoms with van der Waals surface area (Å²) < 4.78 is 65.2. The third kappa shape index (κ3) is 2.12. The second-order valence-corrected chi connectivity index (χ2v) is 8.64. The Balaban J connectivity index is 1.71. The third-order valence-corrected chi connectivity index (χ3v) is 7.86. The standard InChI is InChI=1S/C21H32O2/c1-13(22)17-6-7-18-16-5-4-14-12-15(23)8-10-20(14,2)19(16)9-11-21(17,18)3/h14,16-19H,4-12H2,1-3H3/t14-,16-,17+,18-,19-,20-,21+/m0/s1/i1D3,8D2,12D2,17D. The minimum atomic E-state index is -2.81. The molecule has 4 aliphatic carbocycles. The smallest absolute Gasteiger partial charge is 0.133 e. The lowest BCUT2D eigenvalue weighted by Crippen LogP contribution is -2.53. The summed E-state index contributed by atoms with van der Waals surface area (Å²) >= 11 is 0. The first kappa shape index (κ1) is 9.15. The van der Waals surface area contributed by atoms with E-state index in [1.54, 1.807) is 0 Å². The van der Waals surface area contributed by atoms with Crippen molar-refractivity contribution in [2.75, 3.05) is 0 Å². The van der Waals surface area contributed by atoms with Gasteiger partial charge in [0, 0.05) is 29.6 Å². The van der Waals surface area contributed by atoms with Crippen molar-refractivity contribution in [2.45, 2.75) is 78.4 Å². The largest absolute Gasteiger partial charge is 0.300 e. The van der Waals surface area contributed by atoms with Crippen molar-refractivity contribution < 1.29 is 20.6 Å². The maximum atomic E-state index is 12.8. The number of ketones is 2. The fourth-order valence-electron chi connectivity index (χ4n) is 6.61. The zero-order chi connectivity index (χ0) is 23.4. The molecule has 4 aliphatic rings. The number of Topliss-reactive ketones (excluding diaryl/α,β-unsaturated/α-hetero) is 2. The van der Waals surface area contributed by atoms with Gasteiger partial charge in [-0.25, -0.2) is 0 Å². The Bertz CT molecular complexity index is 823. The van der Waals surface area contributed by atoms with E-state index in [0.717, 1.165) is 0 Å². The van der Waals surface area contributed by atoms with Crippen molar-refractivity contribution in [1.29, 1.82) is 0 Å². The van der Waals surface area contributed by atoms with Crippen molar-refractivity contribution in [3.8, 4) is 0 Å². The molecular weight excluding hydrogens is 284 g/mol. The monoisotopic (exact) mass is 324 g/mol. The maximum absolute atomic E-state index is 12.8. The average molecular weight is 325 g/mol. The predicted molar refractivity (Wildman–Crippen MR) is 90.9 cm³/mol. The van der Waals surface area contributed by atoms with E-state index in [9.17, 15) is 9.59 Å². The molecule has 0 N–H and O–H groups in total. The summed E-state index contributed by atoms with van der Waals surface area (Å²) in [6.07, 6.45) is -1.41. The molecular formula is C21H32O2. The van der Waals surface area contributed by atoms with Gasteiger partial charge in [-0.2, -0.15) is 0 Å². The van der Waals surface area contributed by atoms with Crippen molar-refractivity contribution in [3.63, 3.8) is 0 Å². The molecule has 0 bridgehead atoms. The molecule has 0 amide bonds. The Hall–Kier alpha value is -0.660.